The van der Waals surface area contributed by atoms with Gasteiger partial charge in [-0.25, -0.2) is 28.4 Å². The molecule has 6 aromatic rings. The van der Waals surface area contributed by atoms with E-state index in [9.17, 15) is 4.79 Å². The van der Waals surface area contributed by atoms with Crippen molar-refractivity contribution in [2.75, 3.05) is 0 Å². The number of rotatable bonds is 9. The topological polar surface area (TPSA) is 73.6 Å². The summed E-state index contributed by atoms with van der Waals surface area (Å²) in [5.41, 5.74) is 3.31. The van der Waals surface area contributed by atoms with Gasteiger partial charge in [-0.05, 0) is 92.4 Å². The summed E-state index contributed by atoms with van der Waals surface area (Å²) < 4.78 is 33.6. The van der Waals surface area contributed by atoms with Crippen LogP contribution in [0.15, 0.2) is 103 Å². The molecule has 256 valence electrons. The zero-order valence-corrected chi connectivity index (χ0v) is 28.6. The first-order valence-corrected chi connectivity index (χ1v) is 18.2. The Balaban J connectivity index is 1.29. The number of halogens is 2. The van der Waals surface area contributed by atoms with Crippen LogP contribution in [0.4, 0.5) is 8.78 Å². The maximum Gasteiger partial charge on any atom is 0.181 e. The molecule has 3 aromatic carbocycles. The molecule has 0 unspecified atom stereocenters. The molecule has 6 nitrogen and oxygen atoms in total. The SMILES string of the molecule is CC(=O)[C@H]1C2CCC(CC2)[C@@H]1Cc1nc(-c2nn(C(c3ccccc3)(c3ccccc3)c3ccccc3)c3ncc(F)cc23)nc(C2CC2)c1F. The third kappa shape index (κ3) is 5.29. The summed E-state index contributed by atoms with van der Waals surface area (Å²) in [5.74, 6) is 0.233. The van der Waals surface area contributed by atoms with E-state index < -0.39 is 11.4 Å². The number of pyridine rings is 1. The molecular weight excluding hydrogens is 641 g/mol. The van der Waals surface area contributed by atoms with Crippen LogP contribution in [-0.2, 0) is 16.8 Å². The Bertz CT molecular complexity index is 2130. The minimum atomic E-state index is -1.02. The van der Waals surface area contributed by atoms with Gasteiger partial charge < -0.3 is 0 Å². The van der Waals surface area contributed by atoms with Gasteiger partial charge >= 0.3 is 0 Å². The van der Waals surface area contributed by atoms with Crippen LogP contribution >= 0.6 is 0 Å². The molecule has 8 heteroatoms. The van der Waals surface area contributed by atoms with Gasteiger partial charge in [0.25, 0.3) is 0 Å². The van der Waals surface area contributed by atoms with E-state index in [1.54, 1.807) is 6.92 Å². The fourth-order valence-electron chi connectivity index (χ4n) is 9.39. The molecule has 0 amide bonds. The molecule has 10 rings (SSSR count). The number of carbonyl (C=O) groups excluding carboxylic acids is 1. The normalized spacial score (nSPS) is 21.6. The van der Waals surface area contributed by atoms with Crippen LogP contribution < -0.4 is 0 Å². The summed E-state index contributed by atoms with van der Waals surface area (Å²) in [6, 6.07) is 31.8. The van der Waals surface area contributed by atoms with E-state index in [1.807, 2.05) is 59.3 Å². The number of hydrogen-bond donors (Lipinski definition) is 0. The van der Waals surface area contributed by atoms with Gasteiger partial charge in [-0.3, -0.25) is 4.79 Å². The van der Waals surface area contributed by atoms with Crippen LogP contribution in [0.3, 0.4) is 0 Å². The zero-order chi connectivity index (χ0) is 34.7. The maximum absolute atomic E-state index is 16.5. The highest BCUT2D eigenvalue weighted by Crippen LogP contribution is 2.51. The first-order chi connectivity index (χ1) is 24.9. The largest absolute Gasteiger partial charge is 0.300 e. The molecule has 4 fully saturated rings. The van der Waals surface area contributed by atoms with Crippen molar-refractivity contribution in [1.29, 1.82) is 0 Å². The average molecular weight is 680 g/mol. The predicted octanol–water partition coefficient (Wildman–Crippen LogP) is 9.07. The van der Waals surface area contributed by atoms with E-state index in [0.29, 0.717) is 46.4 Å². The highest BCUT2D eigenvalue weighted by atomic mass is 19.1. The lowest BCUT2D eigenvalue weighted by atomic mass is 9.56. The number of benzene rings is 3. The highest BCUT2D eigenvalue weighted by molar-refractivity contribution is 5.90. The molecule has 4 aliphatic carbocycles. The molecular formula is C43H39F2N5O. The fourth-order valence-corrected chi connectivity index (χ4v) is 9.39. The van der Waals surface area contributed by atoms with Crippen LogP contribution in [0.2, 0.25) is 0 Å². The molecule has 0 radical (unpaired) electrons. The molecule has 0 saturated heterocycles. The lowest BCUT2D eigenvalue weighted by Gasteiger charge is -2.47. The van der Waals surface area contributed by atoms with Crippen molar-refractivity contribution in [3.05, 3.63) is 143 Å². The monoisotopic (exact) mass is 679 g/mol. The van der Waals surface area contributed by atoms with Crippen LogP contribution in [0.25, 0.3) is 22.6 Å². The highest BCUT2D eigenvalue weighted by Gasteiger charge is 2.47. The molecule has 4 aliphatic rings. The van der Waals surface area contributed by atoms with Gasteiger partial charge in [-0.1, -0.05) is 91.0 Å². The summed E-state index contributed by atoms with van der Waals surface area (Å²) in [6.45, 7) is 1.69. The van der Waals surface area contributed by atoms with Crippen molar-refractivity contribution in [2.45, 2.75) is 63.3 Å². The second-order valence-electron chi connectivity index (χ2n) is 14.7. The summed E-state index contributed by atoms with van der Waals surface area (Å²) in [7, 11) is 0. The van der Waals surface area contributed by atoms with Gasteiger partial charge in [-0.15, -0.1) is 0 Å². The minimum absolute atomic E-state index is 0.00262. The summed E-state index contributed by atoms with van der Waals surface area (Å²) in [5, 5.41) is 5.75. The van der Waals surface area contributed by atoms with E-state index in [4.69, 9.17) is 15.1 Å². The van der Waals surface area contributed by atoms with Gasteiger partial charge in [0.15, 0.2) is 17.3 Å². The van der Waals surface area contributed by atoms with Crippen molar-refractivity contribution < 1.29 is 13.6 Å². The first-order valence-electron chi connectivity index (χ1n) is 18.2. The number of hydrogen-bond acceptors (Lipinski definition) is 5. The number of nitrogens with zero attached hydrogens (tertiary/aromatic N) is 5. The summed E-state index contributed by atoms with van der Waals surface area (Å²) in [4.78, 5) is 27.5. The second kappa shape index (κ2) is 12.6. The number of carbonyl (C=O) groups is 1. The number of Topliss-reactive ketones (excluding diaryl/α,β-unsaturated/α-hetero) is 1. The third-order valence-electron chi connectivity index (χ3n) is 11.8. The smallest absolute Gasteiger partial charge is 0.181 e. The van der Waals surface area contributed by atoms with Gasteiger partial charge in [0.05, 0.1) is 23.0 Å². The quantitative estimate of drug-likeness (QED) is 0.143. The standard InChI is InChI=1S/C43H39F2N5O/c1-26(51)37-28-19-17-27(18-20-28)34(37)24-36-38(45)39(29-21-22-29)48-41(47-36)40-35-23-33(44)25-46-42(35)50(49-40)43(30-11-5-2-6-12-30,31-13-7-3-8-14-31)32-15-9-4-10-16-32/h2-16,23,25,27-29,34,37H,17-22,24H2,1H3/t27?,28?,34-,37-/m0/s1. The maximum atomic E-state index is 16.5. The Kier molecular flexibility index (Phi) is 7.86. The molecule has 2 bridgehead atoms. The number of aromatic nitrogens is 5. The Morgan fingerprint density at radius 2 is 1.35 bits per heavy atom. The van der Waals surface area contributed by atoms with E-state index >= 15 is 8.78 Å². The van der Waals surface area contributed by atoms with E-state index in [-0.39, 0.29) is 35.2 Å². The fraction of sp³-hybridized carbons (Fsp3) is 0.326. The Morgan fingerprint density at radius 3 is 1.90 bits per heavy atom. The van der Waals surface area contributed by atoms with Crippen LogP contribution in [0, 0.1) is 35.3 Å². The molecule has 0 aliphatic heterocycles. The van der Waals surface area contributed by atoms with E-state index in [1.165, 1.54) is 12.3 Å². The lowest BCUT2D eigenvalue weighted by Crippen LogP contribution is -2.44. The predicted molar refractivity (Wildman–Crippen MR) is 192 cm³/mol. The van der Waals surface area contributed by atoms with Crippen LogP contribution in [0.1, 0.15) is 79.4 Å². The molecule has 0 N–H and O–H groups in total. The third-order valence-corrected chi connectivity index (χ3v) is 11.8. The Labute approximate surface area is 296 Å². The van der Waals surface area contributed by atoms with Gasteiger partial charge in [0, 0.05) is 11.8 Å². The van der Waals surface area contributed by atoms with Crippen molar-refractivity contribution in [3.8, 4) is 11.5 Å². The molecule has 51 heavy (non-hydrogen) atoms. The van der Waals surface area contributed by atoms with Crippen molar-refractivity contribution >= 4 is 16.8 Å². The van der Waals surface area contributed by atoms with Crippen LogP contribution in [-0.4, -0.2) is 30.5 Å². The number of fused-ring (bicyclic) bond motifs is 4. The zero-order valence-electron chi connectivity index (χ0n) is 28.6. The first kappa shape index (κ1) is 31.8. The Morgan fingerprint density at radius 1 is 0.784 bits per heavy atom. The molecule has 4 saturated carbocycles. The van der Waals surface area contributed by atoms with E-state index in [0.717, 1.165) is 55.2 Å². The average Bonchev–Trinajstić information content (AvgIpc) is 3.95. The van der Waals surface area contributed by atoms with Crippen molar-refractivity contribution in [3.63, 3.8) is 0 Å². The van der Waals surface area contributed by atoms with Crippen LogP contribution in [0.5, 0.6) is 0 Å². The molecule has 2 atom stereocenters. The molecule has 0 spiro atoms. The molecule has 3 aromatic heterocycles. The minimum Gasteiger partial charge on any atom is -0.300 e. The summed E-state index contributed by atoms with van der Waals surface area (Å²) >= 11 is 0. The Hall–Kier alpha value is -5.11. The van der Waals surface area contributed by atoms with Gasteiger partial charge in [0.2, 0.25) is 0 Å². The van der Waals surface area contributed by atoms with Crippen molar-refractivity contribution in [2.24, 2.45) is 23.7 Å². The van der Waals surface area contributed by atoms with Gasteiger partial charge in [-0.2, -0.15) is 5.10 Å². The second-order valence-corrected chi connectivity index (χ2v) is 14.7. The van der Waals surface area contributed by atoms with Crippen molar-refractivity contribution in [1.82, 2.24) is 24.7 Å². The lowest BCUT2D eigenvalue weighted by molar-refractivity contribution is -0.130. The number of ketones is 1. The summed E-state index contributed by atoms with van der Waals surface area (Å²) in [6.07, 6.45) is 7.53. The van der Waals surface area contributed by atoms with E-state index in [2.05, 4.69) is 41.4 Å². The van der Waals surface area contributed by atoms with Gasteiger partial charge in [0.1, 0.15) is 22.8 Å². The molecule has 3 heterocycles.